The lowest BCUT2D eigenvalue weighted by atomic mass is 10.0. The Bertz CT molecular complexity index is 1100. The summed E-state index contributed by atoms with van der Waals surface area (Å²) in [5.41, 5.74) is 2.44. The second kappa shape index (κ2) is 10.8. The van der Waals surface area contributed by atoms with Crippen LogP contribution in [0.15, 0.2) is 47.4 Å². The number of hydrogen-bond donors (Lipinski definition) is 2. The van der Waals surface area contributed by atoms with Gasteiger partial charge >= 0.3 is 11.8 Å². The highest BCUT2D eigenvalue weighted by Gasteiger charge is 2.33. The molecule has 33 heavy (non-hydrogen) atoms. The minimum absolute atomic E-state index is 0.207. The van der Waals surface area contributed by atoms with E-state index in [4.69, 9.17) is 4.74 Å². The summed E-state index contributed by atoms with van der Waals surface area (Å²) < 4.78 is 33.0. The third-order valence-corrected chi connectivity index (χ3v) is 7.82. The van der Waals surface area contributed by atoms with E-state index in [1.165, 1.54) is 11.4 Å². The number of carbonyl (C=O) groups excluding carboxylic acids is 2. The molecule has 0 saturated carbocycles. The summed E-state index contributed by atoms with van der Waals surface area (Å²) in [5.74, 6) is -0.891. The van der Waals surface area contributed by atoms with Crippen molar-refractivity contribution in [2.75, 3.05) is 25.5 Å². The van der Waals surface area contributed by atoms with Crippen molar-refractivity contribution in [2.24, 2.45) is 0 Å². The van der Waals surface area contributed by atoms with Crippen molar-refractivity contribution in [1.82, 2.24) is 9.62 Å². The number of methoxy groups -OCH3 is 1. The number of nitrogens with one attached hydrogen (secondary N) is 2. The molecule has 0 aliphatic carbocycles. The van der Waals surface area contributed by atoms with Crippen molar-refractivity contribution < 1.29 is 22.7 Å². The molecule has 1 saturated heterocycles. The van der Waals surface area contributed by atoms with E-state index in [9.17, 15) is 18.0 Å². The van der Waals surface area contributed by atoms with E-state index >= 15 is 0 Å². The van der Waals surface area contributed by atoms with Crippen LogP contribution in [0.3, 0.4) is 0 Å². The van der Waals surface area contributed by atoms with E-state index in [1.807, 2.05) is 32.0 Å². The number of nitrogens with zero attached hydrogens (tertiary/aromatic N) is 1. The Hall–Kier alpha value is -2.91. The Balaban J connectivity index is 1.59. The molecule has 2 amide bonds. The van der Waals surface area contributed by atoms with Gasteiger partial charge in [0.05, 0.1) is 12.0 Å². The van der Waals surface area contributed by atoms with Crippen LogP contribution in [-0.2, 0) is 19.6 Å². The molecule has 0 radical (unpaired) electrons. The topological polar surface area (TPSA) is 105 Å². The SMILES string of the molecule is COc1ccc(S(=O)(=O)N2CCCC[C@@H]2CCNC(=O)C(=O)Nc2cc(C)ccc2C)cc1. The molecule has 0 bridgehead atoms. The van der Waals surface area contributed by atoms with Crippen molar-refractivity contribution in [2.45, 2.75) is 50.5 Å². The molecule has 178 valence electrons. The number of piperidine rings is 1. The first-order chi connectivity index (χ1) is 15.7. The smallest absolute Gasteiger partial charge is 0.313 e. The number of anilines is 1. The van der Waals surface area contributed by atoms with Gasteiger partial charge in [0.1, 0.15) is 5.75 Å². The maximum atomic E-state index is 13.2. The zero-order valence-corrected chi connectivity index (χ0v) is 20.1. The van der Waals surface area contributed by atoms with Gasteiger partial charge in [-0.2, -0.15) is 4.31 Å². The zero-order valence-electron chi connectivity index (χ0n) is 19.3. The van der Waals surface area contributed by atoms with Crippen LogP contribution in [-0.4, -0.2) is 50.8 Å². The van der Waals surface area contributed by atoms with E-state index in [0.29, 0.717) is 30.8 Å². The summed E-state index contributed by atoms with van der Waals surface area (Å²) in [5, 5.41) is 5.26. The Morgan fingerprint density at radius 1 is 1.06 bits per heavy atom. The Morgan fingerprint density at radius 3 is 2.48 bits per heavy atom. The van der Waals surface area contributed by atoms with Gasteiger partial charge in [-0.3, -0.25) is 9.59 Å². The molecule has 2 aromatic rings. The van der Waals surface area contributed by atoms with Crippen LogP contribution in [0.5, 0.6) is 5.75 Å². The average Bonchev–Trinajstić information content (AvgIpc) is 2.81. The van der Waals surface area contributed by atoms with Crippen LogP contribution in [0.25, 0.3) is 0 Å². The van der Waals surface area contributed by atoms with Gasteiger partial charge in [0.2, 0.25) is 10.0 Å². The summed E-state index contributed by atoms with van der Waals surface area (Å²) in [6.45, 7) is 4.40. The minimum Gasteiger partial charge on any atom is -0.497 e. The summed E-state index contributed by atoms with van der Waals surface area (Å²) in [6.07, 6.45) is 2.84. The van der Waals surface area contributed by atoms with Crippen LogP contribution in [0, 0.1) is 13.8 Å². The van der Waals surface area contributed by atoms with Crippen molar-refractivity contribution in [3.05, 3.63) is 53.6 Å². The summed E-state index contributed by atoms with van der Waals surface area (Å²) in [6, 6.07) is 11.7. The molecule has 1 fully saturated rings. The highest BCUT2D eigenvalue weighted by molar-refractivity contribution is 7.89. The third-order valence-electron chi connectivity index (χ3n) is 5.85. The Morgan fingerprint density at radius 2 is 1.79 bits per heavy atom. The standard InChI is InChI=1S/C24H31N3O5S/c1-17-7-8-18(2)22(16-17)26-24(29)23(28)25-14-13-19-6-4-5-15-27(19)33(30,31)21-11-9-20(32-3)10-12-21/h7-12,16,19H,4-6,13-15H2,1-3H3,(H,25,28)(H,26,29)/t19-/m1/s1. The number of hydrogen-bond acceptors (Lipinski definition) is 5. The highest BCUT2D eigenvalue weighted by atomic mass is 32.2. The number of aryl methyl sites for hydroxylation is 2. The number of sulfonamides is 1. The predicted molar refractivity (Wildman–Crippen MR) is 127 cm³/mol. The molecular weight excluding hydrogens is 442 g/mol. The average molecular weight is 474 g/mol. The van der Waals surface area contributed by atoms with Gasteiger partial charge in [-0.05, 0) is 74.6 Å². The summed E-state index contributed by atoms with van der Waals surface area (Å²) >= 11 is 0. The van der Waals surface area contributed by atoms with Crippen LogP contribution >= 0.6 is 0 Å². The van der Waals surface area contributed by atoms with Gasteiger partial charge in [0, 0.05) is 24.8 Å². The molecule has 1 aliphatic heterocycles. The van der Waals surface area contributed by atoms with E-state index < -0.39 is 21.8 Å². The maximum absolute atomic E-state index is 13.2. The lowest BCUT2D eigenvalue weighted by Crippen LogP contribution is -2.45. The molecule has 3 rings (SSSR count). The lowest BCUT2D eigenvalue weighted by molar-refractivity contribution is -0.136. The molecule has 2 N–H and O–H groups in total. The molecule has 0 unspecified atom stereocenters. The van der Waals surface area contributed by atoms with E-state index in [0.717, 1.165) is 24.0 Å². The minimum atomic E-state index is -3.67. The van der Waals surface area contributed by atoms with Crippen molar-refractivity contribution in [3.8, 4) is 5.75 Å². The van der Waals surface area contributed by atoms with Crippen LogP contribution in [0.1, 0.15) is 36.8 Å². The van der Waals surface area contributed by atoms with Crippen molar-refractivity contribution in [1.29, 1.82) is 0 Å². The van der Waals surface area contributed by atoms with Crippen LogP contribution in [0.4, 0.5) is 5.69 Å². The first-order valence-corrected chi connectivity index (χ1v) is 12.5. The van der Waals surface area contributed by atoms with E-state index in [2.05, 4.69) is 10.6 Å². The molecule has 0 spiro atoms. The normalized spacial score (nSPS) is 16.8. The van der Waals surface area contributed by atoms with Crippen molar-refractivity contribution >= 4 is 27.5 Å². The quantitative estimate of drug-likeness (QED) is 0.602. The number of amides is 2. The molecule has 2 aromatic carbocycles. The molecule has 1 heterocycles. The molecule has 0 aromatic heterocycles. The first-order valence-electron chi connectivity index (χ1n) is 11.0. The van der Waals surface area contributed by atoms with Gasteiger partial charge in [-0.1, -0.05) is 18.6 Å². The Kier molecular flexibility index (Phi) is 8.10. The van der Waals surface area contributed by atoms with Gasteiger partial charge in [-0.25, -0.2) is 8.42 Å². The fourth-order valence-electron chi connectivity index (χ4n) is 3.94. The fraction of sp³-hybridized carbons (Fsp3) is 0.417. The molecular formula is C24H31N3O5S. The second-order valence-corrected chi connectivity index (χ2v) is 10.1. The van der Waals surface area contributed by atoms with Crippen LogP contribution < -0.4 is 15.4 Å². The maximum Gasteiger partial charge on any atom is 0.313 e. The third kappa shape index (κ3) is 6.11. The number of ether oxygens (including phenoxy) is 1. The van der Waals surface area contributed by atoms with Gasteiger partial charge in [0.15, 0.2) is 0 Å². The van der Waals surface area contributed by atoms with Crippen LogP contribution in [0.2, 0.25) is 0 Å². The summed E-state index contributed by atoms with van der Waals surface area (Å²) in [4.78, 5) is 24.8. The molecule has 8 nitrogen and oxygen atoms in total. The molecule has 1 aliphatic rings. The van der Waals surface area contributed by atoms with Gasteiger partial charge in [0.25, 0.3) is 0 Å². The van der Waals surface area contributed by atoms with Gasteiger partial charge in [-0.15, -0.1) is 0 Å². The number of carbonyl (C=O) groups is 2. The Labute approximate surface area is 195 Å². The van der Waals surface area contributed by atoms with Crippen molar-refractivity contribution in [3.63, 3.8) is 0 Å². The lowest BCUT2D eigenvalue weighted by Gasteiger charge is -2.34. The second-order valence-electron chi connectivity index (χ2n) is 8.26. The monoisotopic (exact) mass is 473 g/mol. The first kappa shape index (κ1) is 24.7. The van der Waals surface area contributed by atoms with Gasteiger partial charge < -0.3 is 15.4 Å². The van der Waals surface area contributed by atoms with E-state index in [-0.39, 0.29) is 17.5 Å². The molecule has 9 heteroatoms. The largest absolute Gasteiger partial charge is 0.497 e. The van der Waals surface area contributed by atoms with E-state index in [1.54, 1.807) is 24.3 Å². The summed E-state index contributed by atoms with van der Waals surface area (Å²) in [7, 11) is -2.14. The fourth-order valence-corrected chi connectivity index (χ4v) is 5.67. The highest BCUT2D eigenvalue weighted by Crippen LogP contribution is 2.28. The molecule has 1 atom stereocenters. The number of rotatable bonds is 7. The predicted octanol–water partition coefficient (Wildman–Crippen LogP) is 3.00. The zero-order chi connectivity index (χ0) is 24.0. The number of benzene rings is 2.